The minimum atomic E-state index is -3.73. The SMILES string of the molecule is CC(C)CC(C(=O)NCCCCNS(=O)(=O)c1ccc(Cl)cc1Cl)c1cccc(-c2ccccc2)c1. The van der Waals surface area contributed by atoms with Crippen LogP contribution in [0.25, 0.3) is 11.1 Å². The first-order chi connectivity index (χ1) is 17.2. The monoisotopic (exact) mass is 546 g/mol. The van der Waals surface area contributed by atoms with Crippen LogP contribution in [0.4, 0.5) is 0 Å². The van der Waals surface area contributed by atoms with Crippen LogP contribution in [0.5, 0.6) is 0 Å². The van der Waals surface area contributed by atoms with E-state index in [-0.39, 0.29) is 28.3 Å². The van der Waals surface area contributed by atoms with Crippen LogP contribution >= 0.6 is 23.2 Å². The van der Waals surface area contributed by atoms with Crippen molar-refractivity contribution < 1.29 is 13.2 Å². The molecule has 3 aromatic carbocycles. The Morgan fingerprint density at radius 1 is 0.861 bits per heavy atom. The molecule has 0 bridgehead atoms. The number of halogens is 2. The van der Waals surface area contributed by atoms with Crippen LogP contribution < -0.4 is 10.0 Å². The minimum absolute atomic E-state index is 0.00358. The molecule has 0 heterocycles. The van der Waals surface area contributed by atoms with Crippen molar-refractivity contribution in [3.8, 4) is 11.1 Å². The van der Waals surface area contributed by atoms with Crippen molar-refractivity contribution in [3.05, 3.63) is 88.4 Å². The summed E-state index contributed by atoms with van der Waals surface area (Å²) in [5.74, 6) is 0.0943. The summed E-state index contributed by atoms with van der Waals surface area (Å²) in [6, 6.07) is 22.5. The van der Waals surface area contributed by atoms with Gasteiger partial charge >= 0.3 is 0 Å². The van der Waals surface area contributed by atoms with Crippen LogP contribution in [0, 0.1) is 5.92 Å². The molecule has 1 atom stereocenters. The molecule has 0 aromatic heterocycles. The number of rotatable bonds is 12. The Kier molecular flexibility index (Phi) is 10.4. The van der Waals surface area contributed by atoms with Crippen molar-refractivity contribution in [2.24, 2.45) is 5.92 Å². The van der Waals surface area contributed by atoms with Gasteiger partial charge in [-0.2, -0.15) is 0 Å². The highest BCUT2D eigenvalue weighted by Gasteiger charge is 2.22. The Balaban J connectivity index is 1.54. The second kappa shape index (κ2) is 13.2. The van der Waals surface area contributed by atoms with E-state index in [4.69, 9.17) is 23.2 Å². The molecule has 8 heteroatoms. The maximum absolute atomic E-state index is 13.1. The van der Waals surface area contributed by atoms with E-state index in [0.717, 1.165) is 23.1 Å². The predicted octanol–water partition coefficient (Wildman–Crippen LogP) is 6.67. The van der Waals surface area contributed by atoms with Crippen molar-refractivity contribution in [2.45, 2.75) is 43.9 Å². The molecule has 0 spiro atoms. The highest BCUT2D eigenvalue weighted by atomic mass is 35.5. The first kappa shape index (κ1) is 28.2. The fourth-order valence-electron chi connectivity index (χ4n) is 3.99. The fourth-order valence-corrected chi connectivity index (χ4v) is 5.84. The van der Waals surface area contributed by atoms with Crippen LogP contribution in [-0.2, 0) is 14.8 Å². The lowest BCUT2D eigenvalue weighted by atomic mass is 9.88. The van der Waals surface area contributed by atoms with E-state index in [1.807, 2.05) is 30.3 Å². The van der Waals surface area contributed by atoms with Gasteiger partial charge in [0.25, 0.3) is 0 Å². The molecule has 0 aliphatic heterocycles. The van der Waals surface area contributed by atoms with Gasteiger partial charge in [-0.15, -0.1) is 0 Å². The lowest BCUT2D eigenvalue weighted by Gasteiger charge is -2.20. The molecule has 3 rings (SSSR count). The fraction of sp³-hybridized carbons (Fsp3) is 0.321. The van der Waals surface area contributed by atoms with Crippen molar-refractivity contribution in [1.82, 2.24) is 10.0 Å². The van der Waals surface area contributed by atoms with E-state index in [0.29, 0.717) is 30.3 Å². The number of hydrogen-bond acceptors (Lipinski definition) is 3. The van der Waals surface area contributed by atoms with Gasteiger partial charge in [0.1, 0.15) is 4.90 Å². The zero-order chi connectivity index (χ0) is 26.1. The van der Waals surface area contributed by atoms with Crippen molar-refractivity contribution in [2.75, 3.05) is 13.1 Å². The smallest absolute Gasteiger partial charge is 0.242 e. The zero-order valence-corrected chi connectivity index (χ0v) is 22.8. The quantitative estimate of drug-likeness (QED) is 0.249. The normalized spacial score (nSPS) is 12.5. The van der Waals surface area contributed by atoms with Gasteiger partial charge < -0.3 is 5.32 Å². The Labute approximate surface area is 224 Å². The van der Waals surface area contributed by atoms with Gasteiger partial charge in [-0.25, -0.2) is 13.1 Å². The second-order valence-corrected chi connectivity index (χ2v) is 11.7. The average Bonchev–Trinajstić information content (AvgIpc) is 2.84. The van der Waals surface area contributed by atoms with Crippen LogP contribution in [0.15, 0.2) is 77.7 Å². The van der Waals surface area contributed by atoms with E-state index in [1.165, 1.54) is 18.2 Å². The number of benzene rings is 3. The molecule has 0 fully saturated rings. The van der Waals surface area contributed by atoms with E-state index in [1.54, 1.807) is 0 Å². The molecule has 1 unspecified atom stereocenters. The summed E-state index contributed by atoms with van der Waals surface area (Å²) >= 11 is 11.9. The highest BCUT2D eigenvalue weighted by molar-refractivity contribution is 7.89. The Morgan fingerprint density at radius 3 is 2.25 bits per heavy atom. The van der Waals surface area contributed by atoms with Gasteiger partial charge in [-0.05, 0) is 60.1 Å². The maximum atomic E-state index is 13.1. The summed E-state index contributed by atoms with van der Waals surface area (Å²) in [6.45, 7) is 4.93. The molecule has 0 aliphatic carbocycles. The molecule has 0 aliphatic rings. The standard InChI is InChI=1S/C28H32Cl2N2O3S/c1-20(2)17-25(23-12-8-11-22(18-23)21-9-4-3-5-10-21)28(33)31-15-6-7-16-32-36(34,35)27-14-13-24(29)19-26(27)30/h3-5,8-14,18-20,25,32H,6-7,15-17H2,1-2H3,(H,31,33). The number of unbranched alkanes of at least 4 members (excludes halogenated alkanes) is 1. The molecule has 5 nitrogen and oxygen atoms in total. The zero-order valence-electron chi connectivity index (χ0n) is 20.5. The predicted molar refractivity (Wildman–Crippen MR) is 148 cm³/mol. The number of amides is 1. The second-order valence-electron chi connectivity index (χ2n) is 9.14. The molecule has 2 N–H and O–H groups in total. The maximum Gasteiger partial charge on any atom is 0.242 e. The van der Waals surface area contributed by atoms with Crippen molar-refractivity contribution >= 4 is 39.1 Å². The molecule has 0 saturated heterocycles. The van der Waals surface area contributed by atoms with Crippen LogP contribution in [0.3, 0.4) is 0 Å². The number of carbonyl (C=O) groups excluding carboxylic acids is 1. The summed E-state index contributed by atoms with van der Waals surface area (Å²) in [5.41, 5.74) is 3.20. The minimum Gasteiger partial charge on any atom is -0.356 e. The average molecular weight is 548 g/mol. The van der Waals surface area contributed by atoms with Gasteiger partial charge in [-0.3, -0.25) is 4.79 Å². The van der Waals surface area contributed by atoms with Gasteiger partial charge in [0.2, 0.25) is 15.9 Å². The topological polar surface area (TPSA) is 75.3 Å². The molecule has 0 radical (unpaired) electrons. The van der Waals surface area contributed by atoms with E-state index in [9.17, 15) is 13.2 Å². The third kappa shape index (κ3) is 8.07. The molecule has 36 heavy (non-hydrogen) atoms. The molecule has 192 valence electrons. The summed E-state index contributed by atoms with van der Waals surface area (Å²) in [5, 5.41) is 3.49. The number of hydrogen-bond donors (Lipinski definition) is 2. The molecular formula is C28H32Cl2N2O3S. The summed E-state index contributed by atoms with van der Waals surface area (Å²) in [4.78, 5) is 13.1. The van der Waals surface area contributed by atoms with Gasteiger partial charge in [-0.1, -0.05) is 91.6 Å². The van der Waals surface area contributed by atoms with Crippen LogP contribution in [0.1, 0.15) is 44.6 Å². The molecule has 1 amide bonds. The summed E-state index contributed by atoms with van der Waals surface area (Å²) < 4.78 is 27.5. The van der Waals surface area contributed by atoms with E-state index >= 15 is 0 Å². The summed E-state index contributed by atoms with van der Waals surface area (Å²) in [6.07, 6.45) is 1.95. The third-order valence-corrected chi connectivity index (χ3v) is 7.98. The first-order valence-corrected chi connectivity index (χ1v) is 14.3. The largest absolute Gasteiger partial charge is 0.356 e. The molecule has 0 saturated carbocycles. The van der Waals surface area contributed by atoms with Crippen LogP contribution in [0.2, 0.25) is 10.0 Å². The number of sulfonamides is 1. The lowest BCUT2D eigenvalue weighted by molar-refractivity contribution is -0.122. The molecular weight excluding hydrogens is 515 g/mol. The van der Waals surface area contributed by atoms with Crippen molar-refractivity contribution in [3.63, 3.8) is 0 Å². The number of nitrogens with one attached hydrogen (secondary N) is 2. The van der Waals surface area contributed by atoms with E-state index in [2.05, 4.69) is 48.2 Å². The number of carbonyl (C=O) groups is 1. The van der Waals surface area contributed by atoms with E-state index < -0.39 is 10.0 Å². The van der Waals surface area contributed by atoms with Gasteiger partial charge in [0, 0.05) is 18.1 Å². The Morgan fingerprint density at radius 2 is 1.56 bits per heavy atom. The Bertz CT molecular complexity index is 1260. The lowest BCUT2D eigenvalue weighted by Crippen LogP contribution is -2.31. The molecule has 3 aromatic rings. The first-order valence-electron chi connectivity index (χ1n) is 12.0. The highest BCUT2D eigenvalue weighted by Crippen LogP contribution is 2.29. The van der Waals surface area contributed by atoms with Gasteiger partial charge in [0.15, 0.2) is 0 Å². The van der Waals surface area contributed by atoms with Gasteiger partial charge in [0.05, 0.1) is 10.9 Å². The van der Waals surface area contributed by atoms with Crippen LogP contribution in [-0.4, -0.2) is 27.4 Å². The Hall–Kier alpha value is -2.38. The third-order valence-electron chi connectivity index (χ3n) is 5.80. The summed E-state index contributed by atoms with van der Waals surface area (Å²) in [7, 11) is -3.73. The van der Waals surface area contributed by atoms with Crippen molar-refractivity contribution in [1.29, 1.82) is 0 Å².